The van der Waals surface area contributed by atoms with Crippen LogP contribution in [0.15, 0.2) is 12.4 Å². The van der Waals surface area contributed by atoms with Crippen molar-refractivity contribution in [3.63, 3.8) is 0 Å². The fourth-order valence-electron chi connectivity index (χ4n) is 1.48. The molecule has 1 N–H and O–H groups in total. The topological polar surface area (TPSA) is 49.2 Å². The molecule has 1 aromatic rings. The van der Waals surface area contributed by atoms with E-state index in [0.717, 1.165) is 18.7 Å². The summed E-state index contributed by atoms with van der Waals surface area (Å²) in [6.07, 6.45) is 5.59. The lowest BCUT2D eigenvalue weighted by Crippen LogP contribution is -2.29. The molecule has 0 radical (unpaired) electrons. The highest BCUT2D eigenvalue weighted by Crippen LogP contribution is 2.13. The standard InChI is InChI=1S/C11H19N3O/c1-4-5-9(2)14(3)11-7-12-6-10(8-15)13-11/h6-7,9,15H,4-5,8H2,1-3H3. The van der Waals surface area contributed by atoms with E-state index in [1.807, 2.05) is 7.05 Å². The van der Waals surface area contributed by atoms with E-state index in [4.69, 9.17) is 5.11 Å². The fraction of sp³-hybridized carbons (Fsp3) is 0.636. The van der Waals surface area contributed by atoms with Crippen molar-refractivity contribution in [2.75, 3.05) is 11.9 Å². The van der Waals surface area contributed by atoms with Gasteiger partial charge in [0, 0.05) is 13.1 Å². The Morgan fingerprint density at radius 1 is 1.47 bits per heavy atom. The number of hydrogen-bond donors (Lipinski definition) is 1. The second kappa shape index (κ2) is 5.66. The zero-order chi connectivity index (χ0) is 11.3. The highest BCUT2D eigenvalue weighted by Gasteiger charge is 2.10. The summed E-state index contributed by atoms with van der Waals surface area (Å²) in [6, 6.07) is 0.443. The Hall–Kier alpha value is -1.16. The molecule has 0 aromatic carbocycles. The van der Waals surface area contributed by atoms with Crippen LogP contribution in [0, 0.1) is 0 Å². The molecule has 1 atom stereocenters. The number of anilines is 1. The van der Waals surface area contributed by atoms with Gasteiger partial charge < -0.3 is 10.0 Å². The first-order valence-corrected chi connectivity index (χ1v) is 5.33. The summed E-state index contributed by atoms with van der Waals surface area (Å²) in [5.41, 5.74) is 0.614. The average molecular weight is 209 g/mol. The maximum Gasteiger partial charge on any atom is 0.147 e. The van der Waals surface area contributed by atoms with E-state index in [1.165, 1.54) is 0 Å². The van der Waals surface area contributed by atoms with Gasteiger partial charge in [0.25, 0.3) is 0 Å². The summed E-state index contributed by atoms with van der Waals surface area (Å²) in [4.78, 5) is 10.5. The van der Waals surface area contributed by atoms with E-state index >= 15 is 0 Å². The van der Waals surface area contributed by atoms with Crippen LogP contribution in [0.3, 0.4) is 0 Å². The molecule has 0 spiro atoms. The zero-order valence-electron chi connectivity index (χ0n) is 9.64. The van der Waals surface area contributed by atoms with Crippen molar-refractivity contribution in [2.45, 2.75) is 39.3 Å². The van der Waals surface area contributed by atoms with Crippen molar-refractivity contribution in [3.8, 4) is 0 Å². The lowest BCUT2D eigenvalue weighted by Gasteiger charge is -2.25. The van der Waals surface area contributed by atoms with Crippen molar-refractivity contribution in [3.05, 3.63) is 18.1 Å². The molecule has 84 valence electrons. The number of nitrogens with zero attached hydrogens (tertiary/aromatic N) is 3. The van der Waals surface area contributed by atoms with Crippen LogP contribution >= 0.6 is 0 Å². The molecule has 0 bridgehead atoms. The highest BCUT2D eigenvalue weighted by molar-refractivity contribution is 5.36. The molecule has 0 aliphatic heterocycles. The van der Waals surface area contributed by atoms with Crippen LogP contribution in [0.4, 0.5) is 5.82 Å². The van der Waals surface area contributed by atoms with Crippen molar-refractivity contribution >= 4 is 5.82 Å². The van der Waals surface area contributed by atoms with Crippen LogP contribution in [-0.4, -0.2) is 28.2 Å². The van der Waals surface area contributed by atoms with Gasteiger partial charge in [-0.1, -0.05) is 13.3 Å². The summed E-state index contributed by atoms with van der Waals surface area (Å²) in [6.45, 7) is 4.27. The average Bonchev–Trinajstić information content (AvgIpc) is 2.28. The van der Waals surface area contributed by atoms with Crippen LogP contribution in [0.1, 0.15) is 32.4 Å². The summed E-state index contributed by atoms with van der Waals surface area (Å²) in [5, 5.41) is 8.96. The Morgan fingerprint density at radius 2 is 2.20 bits per heavy atom. The van der Waals surface area contributed by atoms with Crippen molar-refractivity contribution in [1.82, 2.24) is 9.97 Å². The first-order chi connectivity index (χ1) is 7.19. The number of rotatable bonds is 5. The van der Waals surface area contributed by atoms with Crippen LogP contribution in [0.25, 0.3) is 0 Å². The van der Waals surface area contributed by atoms with Crippen LogP contribution < -0.4 is 4.90 Å². The molecule has 0 amide bonds. The third kappa shape index (κ3) is 3.16. The molecule has 15 heavy (non-hydrogen) atoms. The second-order valence-corrected chi connectivity index (χ2v) is 3.78. The van der Waals surface area contributed by atoms with Crippen LogP contribution in [0.5, 0.6) is 0 Å². The van der Waals surface area contributed by atoms with Gasteiger partial charge >= 0.3 is 0 Å². The largest absolute Gasteiger partial charge is 0.390 e. The van der Waals surface area contributed by atoms with Gasteiger partial charge in [-0.2, -0.15) is 0 Å². The van der Waals surface area contributed by atoms with Gasteiger partial charge in [-0.25, -0.2) is 4.98 Å². The normalized spacial score (nSPS) is 12.5. The molecule has 0 saturated heterocycles. The predicted molar refractivity (Wildman–Crippen MR) is 60.7 cm³/mol. The summed E-state index contributed by atoms with van der Waals surface area (Å²) in [7, 11) is 2.01. The van der Waals surface area contributed by atoms with Gasteiger partial charge in [-0.05, 0) is 13.3 Å². The quantitative estimate of drug-likeness (QED) is 0.800. The summed E-state index contributed by atoms with van der Waals surface area (Å²) < 4.78 is 0. The Balaban J connectivity index is 2.76. The third-order valence-corrected chi connectivity index (χ3v) is 2.56. The molecule has 1 aromatic heterocycles. The fourth-order valence-corrected chi connectivity index (χ4v) is 1.48. The minimum atomic E-state index is -0.0587. The van der Waals surface area contributed by atoms with Crippen LogP contribution in [-0.2, 0) is 6.61 Å². The van der Waals surface area contributed by atoms with Crippen molar-refractivity contribution < 1.29 is 5.11 Å². The molecule has 1 rings (SSSR count). The molecular weight excluding hydrogens is 190 g/mol. The predicted octanol–water partition coefficient (Wildman–Crippen LogP) is 1.59. The van der Waals surface area contributed by atoms with Gasteiger partial charge in [0.2, 0.25) is 0 Å². The van der Waals surface area contributed by atoms with Gasteiger partial charge in [0.05, 0.1) is 24.7 Å². The van der Waals surface area contributed by atoms with Crippen molar-refractivity contribution in [2.24, 2.45) is 0 Å². The summed E-state index contributed by atoms with van der Waals surface area (Å²) in [5.74, 6) is 0.822. The molecule has 0 aliphatic rings. The van der Waals surface area contributed by atoms with Crippen LogP contribution in [0.2, 0.25) is 0 Å². The van der Waals surface area contributed by atoms with E-state index in [-0.39, 0.29) is 6.61 Å². The van der Waals surface area contributed by atoms with Gasteiger partial charge in [0.1, 0.15) is 5.82 Å². The van der Waals surface area contributed by atoms with Gasteiger partial charge in [-0.15, -0.1) is 0 Å². The lowest BCUT2D eigenvalue weighted by molar-refractivity contribution is 0.276. The SMILES string of the molecule is CCCC(C)N(C)c1cncc(CO)n1. The number of aliphatic hydroxyl groups is 1. The Bertz CT molecular complexity index is 304. The van der Waals surface area contributed by atoms with E-state index in [1.54, 1.807) is 12.4 Å². The maximum atomic E-state index is 8.96. The van der Waals surface area contributed by atoms with Crippen molar-refractivity contribution in [1.29, 1.82) is 0 Å². The zero-order valence-corrected chi connectivity index (χ0v) is 9.64. The Kier molecular flexibility index (Phi) is 4.49. The number of aromatic nitrogens is 2. The molecule has 0 fully saturated rings. The smallest absolute Gasteiger partial charge is 0.147 e. The molecule has 1 heterocycles. The molecule has 4 heteroatoms. The minimum absolute atomic E-state index is 0.0587. The van der Waals surface area contributed by atoms with E-state index in [2.05, 4.69) is 28.7 Å². The molecule has 0 aliphatic carbocycles. The first kappa shape index (κ1) is 11.9. The van der Waals surface area contributed by atoms with Gasteiger partial charge in [-0.3, -0.25) is 4.98 Å². The maximum absolute atomic E-state index is 8.96. The molecular formula is C11H19N3O. The van der Waals surface area contributed by atoms with E-state index < -0.39 is 0 Å². The summed E-state index contributed by atoms with van der Waals surface area (Å²) >= 11 is 0. The number of aliphatic hydroxyl groups excluding tert-OH is 1. The third-order valence-electron chi connectivity index (χ3n) is 2.56. The minimum Gasteiger partial charge on any atom is -0.390 e. The highest BCUT2D eigenvalue weighted by atomic mass is 16.3. The monoisotopic (exact) mass is 209 g/mol. The lowest BCUT2D eigenvalue weighted by atomic mass is 10.2. The molecule has 0 saturated carbocycles. The molecule has 1 unspecified atom stereocenters. The second-order valence-electron chi connectivity index (χ2n) is 3.78. The van der Waals surface area contributed by atoms with Gasteiger partial charge in [0.15, 0.2) is 0 Å². The number of hydrogen-bond acceptors (Lipinski definition) is 4. The van der Waals surface area contributed by atoms with E-state index in [0.29, 0.717) is 11.7 Å². The Labute approximate surface area is 91.0 Å². The first-order valence-electron chi connectivity index (χ1n) is 5.33. The molecule has 4 nitrogen and oxygen atoms in total. The van der Waals surface area contributed by atoms with E-state index in [9.17, 15) is 0 Å². The Morgan fingerprint density at radius 3 is 2.80 bits per heavy atom.